The number of carbonyl (C=O) groups is 4. The Balaban J connectivity index is 2.80. The molecule has 2 saturated heterocycles. The average molecular weight is 1570 g/mol. The summed E-state index contributed by atoms with van der Waals surface area (Å²) >= 11 is 0. The minimum atomic E-state index is -5.62. The smallest absolute Gasteiger partial charge is 0.457 e. The highest BCUT2D eigenvalue weighted by atomic mass is 31.2. The zero-order valence-electron chi connectivity index (χ0n) is 63.6. The first-order valence-electron chi connectivity index (χ1n) is 39.7. The topological polar surface area (TPSA) is 458 Å². The van der Waals surface area contributed by atoms with Gasteiger partial charge in [-0.15, -0.1) is 0 Å². The SMILES string of the molecule is CCCCCCCCCCC[C@@H](O)CC(=O)N[C@@H]1[C@@H](OCCOP(=O)(O)O)O[C@H](CO[C@@H]2O[C@H](CO)[C@@H](OP(=O)(O)O)[C@H](OC(=O)C[C@H](O)CCCCCCCCCCC)[C@@H]2NC(=O)C[C@H](O)CCCCCCCCCCC)[C@@H](OCCOP(=O)(O)O)[C@@H]1OC(=O)C[C@H](O)CCCCCCCCCCC. The number of unbranched alkanes of at least 4 members (excludes halogenated alkanes) is 32. The molecule has 2 heterocycles. The van der Waals surface area contributed by atoms with Crippen LogP contribution >= 0.6 is 23.5 Å². The van der Waals surface area contributed by atoms with Gasteiger partial charge in [-0.1, -0.05) is 259 Å². The molecule has 0 spiro atoms. The number of phosphoric ester groups is 3. The number of aliphatic hydroxyl groups is 5. The first-order chi connectivity index (χ1) is 50.1. The Hall–Kier alpha value is -2.19. The van der Waals surface area contributed by atoms with Crippen LogP contribution in [0.4, 0.5) is 0 Å². The summed E-state index contributed by atoms with van der Waals surface area (Å²) in [4.78, 5) is 116. The predicted molar refractivity (Wildman–Crippen MR) is 392 cm³/mol. The largest absolute Gasteiger partial charge is 0.470 e. The first-order valence-corrected chi connectivity index (χ1v) is 44.3. The van der Waals surface area contributed by atoms with Gasteiger partial charge in [0.05, 0.1) is 89.7 Å². The molecular weight excluding hydrogens is 1430 g/mol. The maximum absolute atomic E-state index is 14.4. The van der Waals surface area contributed by atoms with Gasteiger partial charge in [0, 0.05) is 0 Å². The zero-order valence-corrected chi connectivity index (χ0v) is 66.3. The molecule has 0 saturated carbocycles. The van der Waals surface area contributed by atoms with Crippen molar-refractivity contribution in [3.63, 3.8) is 0 Å². The average Bonchev–Trinajstić information content (AvgIpc) is 0.783. The van der Waals surface area contributed by atoms with Gasteiger partial charge >= 0.3 is 35.4 Å². The lowest BCUT2D eigenvalue weighted by Gasteiger charge is -2.47. The van der Waals surface area contributed by atoms with Crippen LogP contribution < -0.4 is 10.6 Å². The number of ether oxygens (including phenoxy) is 7. The molecule has 0 aliphatic carbocycles. The quantitative estimate of drug-likeness (QED) is 0.0153. The van der Waals surface area contributed by atoms with Crippen LogP contribution in [0.1, 0.15) is 310 Å². The van der Waals surface area contributed by atoms with Gasteiger partial charge in [0.25, 0.3) is 0 Å². The van der Waals surface area contributed by atoms with E-state index in [4.69, 9.17) is 42.2 Å². The highest BCUT2D eigenvalue weighted by molar-refractivity contribution is 7.46. The molecule has 2 fully saturated rings. The molecule has 2 aliphatic heterocycles. The third-order valence-corrected chi connectivity index (χ3v) is 20.4. The minimum absolute atomic E-state index is 0.169. The maximum atomic E-state index is 14.4. The van der Waals surface area contributed by atoms with Crippen LogP contribution in [-0.2, 0) is 79.6 Å². The van der Waals surface area contributed by atoms with Gasteiger partial charge in [0.2, 0.25) is 11.8 Å². The van der Waals surface area contributed by atoms with E-state index in [9.17, 15) is 87.8 Å². The van der Waals surface area contributed by atoms with Crippen molar-refractivity contribution < 1.29 is 134 Å². The van der Waals surface area contributed by atoms with Crippen LogP contribution in [0.5, 0.6) is 0 Å². The molecule has 2 rings (SSSR count). The van der Waals surface area contributed by atoms with Crippen molar-refractivity contribution in [1.29, 1.82) is 0 Å². The second-order valence-electron chi connectivity index (χ2n) is 28.5. The molecule has 14 atom stereocenters. The van der Waals surface area contributed by atoms with E-state index in [-0.39, 0.29) is 25.7 Å². The standard InChI is InChI=1S/C72H139N2O28P3/c1-5-9-13-17-21-25-29-33-37-41-55(76)49-61(80)73-65-69(100-63(82)51-57(78)43-39-35-31-27-23-19-15-11-7-3)67(93-45-47-96-103(84,85)86)60(99-71(65)94-46-48-97-104(87,88)89)54-95-72-66(74-62(81)50-56(77)42-38-34-30-26-22-18-14-10-6-2)70(68(59(53-75)98-72)102-105(90,91)92)101-64(83)52-58(79)44-40-36-32-28-24-20-16-12-8-4/h55-60,65-72,75-79H,5-54H2,1-4H3,(H,73,80)(H,74,81)(H2,84,85,86)(H2,87,88,89)(H2,90,91,92)/t55-,56-,57-,58-,59-,60-,65+,66+,67-,68-,69-,70-,71+,72-/m1/s1. The zero-order chi connectivity index (χ0) is 77.7. The number of rotatable bonds is 68. The Morgan fingerprint density at radius 2 is 0.657 bits per heavy atom. The predicted octanol–water partition coefficient (Wildman–Crippen LogP) is 11.0. The van der Waals surface area contributed by atoms with E-state index < -0.39 is 198 Å². The molecule has 0 unspecified atom stereocenters. The summed E-state index contributed by atoms with van der Waals surface area (Å²) in [7, 11) is -15.9. The molecule has 105 heavy (non-hydrogen) atoms. The lowest BCUT2D eigenvalue weighted by atomic mass is 9.94. The van der Waals surface area contributed by atoms with Crippen LogP contribution in [0, 0.1) is 0 Å². The first kappa shape index (κ1) is 98.9. The molecule has 0 bridgehead atoms. The van der Waals surface area contributed by atoms with E-state index >= 15 is 0 Å². The fourth-order valence-electron chi connectivity index (χ4n) is 13.2. The summed E-state index contributed by atoms with van der Waals surface area (Å²) in [5.41, 5.74) is 0. The van der Waals surface area contributed by atoms with Gasteiger partial charge in [-0.25, -0.2) is 13.7 Å². The number of carbonyl (C=O) groups excluding carboxylic acids is 4. The van der Waals surface area contributed by atoms with Crippen LogP contribution in [0.2, 0.25) is 0 Å². The van der Waals surface area contributed by atoms with E-state index in [1.54, 1.807) is 0 Å². The molecule has 13 N–H and O–H groups in total. The normalized spacial score (nSPS) is 22.1. The number of phosphoric acid groups is 3. The van der Waals surface area contributed by atoms with Crippen molar-refractivity contribution in [1.82, 2.24) is 10.6 Å². The summed E-state index contributed by atoms with van der Waals surface area (Å²) in [6.07, 6.45) is 13.6. The van der Waals surface area contributed by atoms with E-state index in [1.807, 2.05) is 0 Å². The Bertz CT molecular complexity index is 2380. The Labute approximate surface area is 625 Å². The van der Waals surface area contributed by atoms with Crippen molar-refractivity contribution in [2.24, 2.45) is 0 Å². The van der Waals surface area contributed by atoms with Crippen LogP contribution in [-0.4, -0.2) is 204 Å². The molecular formula is C72H139N2O28P3. The molecule has 0 radical (unpaired) electrons. The van der Waals surface area contributed by atoms with Crippen molar-refractivity contribution >= 4 is 47.2 Å². The molecule has 33 heteroatoms. The van der Waals surface area contributed by atoms with Crippen LogP contribution in [0.15, 0.2) is 0 Å². The number of hydrogen-bond donors (Lipinski definition) is 13. The van der Waals surface area contributed by atoms with Gasteiger partial charge in [0.15, 0.2) is 24.8 Å². The van der Waals surface area contributed by atoms with E-state index in [0.29, 0.717) is 25.7 Å². The summed E-state index contributed by atoms with van der Waals surface area (Å²) in [6, 6.07) is -3.60. The Kier molecular flexibility index (Phi) is 56.1. The van der Waals surface area contributed by atoms with Crippen LogP contribution in [0.3, 0.4) is 0 Å². The second-order valence-corrected chi connectivity index (χ2v) is 32.2. The summed E-state index contributed by atoms with van der Waals surface area (Å²) in [5, 5.41) is 61.2. The minimum Gasteiger partial charge on any atom is -0.457 e. The third-order valence-electron chi connectivity index (χ3n) is 18.8. The highest BCUT2D eigenvalue weighted by Crippen LogP contribution is 2.43. The molecule has 2 aliphatic rings. The van der Waals surface area contributed by atoms with E-state index in [1.165, 1.54) is 6.42 Å². The highest BCUT2D eigenvalue weighted by Gasteiger charge is 2.55. The number of esters is 2. The van der Waals surface area contributed by atoms with Crippen molar-refractivity contribution in [2.75, 3.05) is 39.6 Å². The Morgan fingerprint density at radius 3 is 0.981 bits per heavy atom. The van der Waals surface area contributed by atoms with Gasteiger partial charge in [-0.3, -0.25) is 32.7 Å². The fourth-order valence-corrected chi connectivity index (χ4v) is 14.4. The van der Waals surface area contributed by atoms with E-state index in [2.05, 4.69) is 42.9 Å². The maximum Gasteiger partial charge on any atom is 0.470 e. The second kappa shape index (κ2) is 59.6. The van der Waals surface area contributed by atoms with Crippen molar-refractivity contribution in [3.8, 4) is 0 Å². The number of nitrogens with one attached hydrogen (secondary N) is 2. The summed E-state index contributed by atoms with van der Waals surface area (Å²) in [5.74, 6) is -3.97. The number of amides is 2. The van der Waals surface area contributed by atoms with Gasteiger partial charge < -0.3 is 98.7 Å². The van der Waals surface area contributed by atoms with Crippen LogP contribution in [0.25, 0.3) is 0 Å². The molecule has 0 aromatic heterocycles. The molecule has 30 nitrogen and oxygen atoms in total. The lowest BCUT2D eigenvalue weighted by molar-refractivity contribution is -0.309. The van der Waals surface area contributed by atoms with Gasteiger partial charge in [0.1, 0.15) is 36.5 Å². The summed E-state index contributed by atoms with van der Waals surface area (Å²) < 4.78 is 94.7. The van der Waals surface area contributed by atoms with Crippen molar-refractivity contribution in [2.45, 2.75) is 396 Å². The summed E-state index contributed by atoms with van der Waals surface area (Å²) in [6.45, 7) is 3.46. The molecule has 620 valence electrons. The van der Waals surface area contributed by atoms with Crippen molar-refractivity contribution in [3.05, 3.63) is 0 Å². The number of aliphatic hydroxyl groups excluding tert-OH is 5. The van der Waals surface area contributed by atoms with E-state index in [0.717, 1.165) is 199 Å². The fraction of sp³-hybridized carbons (Fsp3) is 0.944. The third kappa shape index (κ3) is 50.4. The molecule has 2 amide bonds. The molecule has 0 aromatic carbocycles. The monoisotopic (exact) mass is 1570 g/mol. The number of hydrogen-bond acceptors (Lipinski definition) is 22. The Morgan fingerprint density at radius 1 is 0.362 bits per heavy atom. The lowest BCUT2D eigenvalue weighted by Crippen LogP contribution is -2.68. The molecule has 0 aromatic rings. The van der Waals surface area contributed by atoms with Gasteiger partial charge in [-0.05, 0) is 25.7 Å². The van der Waals surface area contributed by atoms with Gasteiger partial charge in [-0.2, -0.15) is 0 Å².